The predicted molar refractivity (Wildman–Crippen MR) is 69.4 cm³/mol. The Kier molecular flexibility index (Phi) is 4.70. The first-order chi connectivity index (χ1) is 8.60. The maximum atomic E-state index is 12.9. The number of halogens is 1. The van der Waals surface area contributed by atoms with Crippen LogP contribution < -0.4 is 0 Å². The van der Waals surface area contributed by atoms with Crippen LogP contribution in [0.4, 0.5) is 3.89 Å². The first-order valence-electron chi connectivity index (χ1n) is 5.63. The summed E-state index contributed by atoms with van der Waals surface area (Å²) in [7, 11) is -7.35. The van der Waals surface area contributed by atoms with Crippen molar-refractivity contribution >= 4 is 20.2 Å². The van der Waals surface area contributed by atoms with Gasteiger partial charge >= 0.3 is 10.2 Å². The molecule has 1 unspecified atom stereocenters. The average Bonchev–Trinajstić information content (AvgIpc) is 2.36. The highest BCUT2D eigenvalue weighted by atomic mass is 32.3. The molecule has 0 N–H and O–H groups in total. The third kappa shape index (κ3) is 3.52. The number of nitrogens with zero attached hydrogens (tertiary/aromatic N) is 1. The Morgan fingerprint density at radius 1 is 1.21 bits per heavy atom. The minimum Gasteiger partial charge on any atom is -0.207 e. The van der Waals surface area contributed by atoms with Crippen LogP contribution in [0.5, 0.6) is 0 Å². The zero-order valence-electron chi connectivity index (χ0n) is 10.9. The Hall–Kier alpha value is -0.990. The summed E-state index contributed by atoms with van der Waals surface area (Å²) < 4.78 is 60.0. The first kappa shape index (κ1) is 16.1. The van der Waals surface area contributed by atoms with Crippen LogP contribution in [0.25, 0.3) is 0 Å². The van der Waals surface area contributed by atoms with E-state index in [9.17, 15) is 20.7 Å². The van der Waals surface area contributed by atoms with Gasteiger partial charge in [0, 0.05) is 13.1 Å². The van der Waals surface area contributed by atoms with Gasteiger partial charge in [-0.25, -0.2) is 8.42 Å². The Balaban J connectivity index is 3.31. The molecule has 1 aromatic carbocycles. The molecule has 0 radical (unpaired) electrons. The third-order valence-corrected chi connectivity index (χ3v) is 5.76. The van der Waals surface area contributed by atoms with Crippen molar-refractivity contribution < 1.29 is 20.7 Å². The van der Waals surface area contributed by atoms with E-state index < -0.39 is 25.1 Å². The molecule has 0 saturated carbocycles. The van der Waals surface area contributed by atoms with Gasteiger partial charge in [0.25, 0.3) is 0 Å². The molecule has 1 aromatic rings. The van der Waals surface area contributed by atoms with Crippen molar-refractivity contribution in [1.82, 2.24) is 4.31 Å². The van der Waals surface area contributed by atoms with Crippen molar-refractivity contribution in [3.8, 4) is 0 Å². The summed E-state index contributed by atoms with van der Waals surface area (Å²) >= 11 is 0. The van der Waals surface area contributed by atoms with Gasteiger partial charge in [0.15, 0.2) is 0 Å². The lowest BCUT2D eigenvalue weighted by Gasteiger charge is -2.23. The van der Waals surface area contributed by atoms with Crippen LogP contribution in [0.15, 0.2) is 34.1 Å². The van der Waals surface area contributed by atoms with Crippen LogP contribution in [0.1, 0.15) is 20.3 Å². The van der Waals surface area contributed by atoms with E-state index in [1.807, 2.05) is 6.92 Å². The van der Waals surface area contributed by atoms with E-state index in [0.29, 0.717) is 6.42 Å². The molecule has 0 amide bonds. The molecule has 0 spiro atoms. The lowest BCUT2D eigenvalue weighted by atomic mass is 10.3. The second-order valence-electron chi connectivity index (χ2n) is 4.19. The number of rotatable bonds is 5. The first-order valence-corrected chi connectivity index (χ1v) is 8.45. The molecular formula is C11H16FNO4S2. The van der Waals surface area contributed by atoms with E-state index in [2.05, 4.69) is 0 Å². The second-order valence-corrected chi connectivity index (χ2v) is 7.54. The van der Waals surface area contributed by atoms with E-state index >= 15 is 0 Å². The Bertz CT molecular complexity index is 655. The topological polar surface area (TPSA) is 71.5 Å². The van der Waals surface area contributed by atoms with Crippen LogP contribution in [-0.4, -0.2) is 34.2 Å². The molecule has 0 fully saturated rings. The van der Waals surface area contributed by atoms with E-state index in [-0.39, 0.29) is 10.9 Å². The molecule has 19 heavy (non-hydrogen) atoms. The summed E-state index contributed by atoms with van der Waals surface area (Å²) in [6.07, 6.45) is 0.608. The summed E-state index contributed by atoms with van der Waals surface area (Å²) in [4.78, 5) is -0.903. The van der Waals surface area contributed by atoms with Gasteiger partial charge in [-0.05, 0) is 31.5 Å². The van der Waals surface area contributed by atoms with Crippen LogP contribution in [-0.2, 0) is 20.2 Å². The van der Waals surface area contributed by atoms with Gasteiger partial charge in [-0.1, -0.05) is 13.0 Å². The fourth-order valence-electron chi connectivity index (χ4n) is 1.45. The summed E-state index contributed by atoms with van der Waals surface area (Å²) in [5.41, 5.74) is 0. The van der Waals surface area contributed by atoms with Crippen molar-refractivity contribution in [1.29, 1.82) is 0 Å². The smallest absolute Gasteiger partial charge is 0.207 e. The molecule has 1 rings (SSSR count). The molecule has 0 saturated heterocycles. The molecule has 0 aromatic heterocycles. The molecule has 0 bridgehead atoms. The van der Waals surface area contributed by atoms with E-state index in [4.69, 9.17) is 0 Å². The minimum atomic E-state index is -4.92. The normalized spacial score (nSPS) is 14.6. The van der Waals surface area contributed by atoms with Crippen molar-refractivity contribution in [2.45, 2.75) is 36.1 Å². The van der Waals surface area contributed by atoms with Crippen LogP contribution in [0.2, 0.25) is 0 Å². The molecule has 108 valence electrons. The third-order valence-electron chi connectivity index (χ3n) is 2.98. The monoisotopic (exact) mass is 309 g/mol. The highest BCUT2D eigenvalue weighted by Crippen LogP contribution is 2.21. The lowest BCUT2D eigenvalue weighted by molar-refractivity contribution is 0.380. The molecule has 5 nitrogen and oxygen atoms in total. The molecule has 1 atom stereocenters. The number of hydrogen-bond donors (Lipinski definition) is 0. The SMILES string of the molecule is CCC(C)N(C)S(=O)(=O)c1cccc(S(=O)(=O)F)c1. The molecule has 0 aliphatic rings. The highest BCUT2D eigenvalue weighted by molar-refractivity contribution is 7.89. The second kappa shape index (κ2) is 5.56. The lowest BCUT2D eigenvalue weighted by Crippen LogP contribution is -2.34. The summed E-state index contributed by atoms with van der Waals surface area (Å²) in [5.74, 6) is 0. The average molecular weight is 309 g/mol. The van der Waals surface area contributed by atoms with E-state index in [1.54, 1.807) is 6.92 Å². The van der Waals surface area contributed by atoms with Crippen molar-refractivity contribution in [3.63, 3.8) is 0 Å². The zero-order valence-corrected chi connectivity index (χ0v) is 12.5. The fraction of sp³-hybridized carbons (Fsp3) is 0.455. The highest BCUT2D eigenvalue weighted by Gasteiger charge is 2.25. The Labute approximate surface area is 113 Å². The fourth-order valence-corrected chi connectivity index (χ4v) is 3.51. The van der Waals surface area contributed by atoms with Gasteiger partial charge in [-0.3, -0.25) is 0 Å². The van der Waals surface area contributed by atoms with Gasteiger partial charge in [-0.2, -0.15) is 12.7 Å². The zero-order chi connectivity index (χ0) is 14.8. The maximum absolute atomic E-state index is 12.9. The number of hydrogen-bond acceptors (Lipinski definition) is 4. The van der Waals surface area contributed by atoms with Crippen molar-refractivity contribution in [2.75, 3.05) is 7.05 Å². The quantitative estimate of drug-likeness (QED) is 0.777. The molecular weight excluding hydrogens is 293 g/mol. The van der Waals surface area contributed by atoms with Crippen molar-refractivity contribution in [3.05, 3.63) is 24.3 Å². The predicted octanol–water partition coefficient (Wildman–Crippen LogP) is 1.76. The van der Waals surface area contributed by atoms with Crippen LogP contribution in [0.3, 0.4) is 0 Å². The molecule has 8 heteroatoms. The molecule has 0 aliphatic carbocycles. The largest absolute Gasteiger partial charge is 0.332 e. The van der Waals surface area contributed by atoms with Gasteiger partial charge < -0.3 is 0 Å². The summed E-state index contributed by atoms with van der Waals surface area (Å²) in [5, 5.41) is 0. The number of benzene rings is 1. The Morgan fingerprint density at radius 3 is 2.21 bits per heavy atom. The van der Waals surface area contributed by atoms with Gasteiger partial charge in [0.1, 0.15) is 0 Å². The summed E-state index contributed by atoms with van der Waals surface area (Å²) in [6, 6.07) is 4.03. The van der Waals surface area contributed by atoms with E-state index in [1.165, 1.54) is 19.2 Å². The van der Waals surface area contributed by atoms with Crippen LogP contribution in [0, 0.1) is 0 Å². The Morgan fingerprint density at radius 2 is 1.74 bits per heavy atom. The standard InChI is InChI=1S/C11H16FNO4S2/c1-4-9(2)13(3)19(16,17)11-7-5-6-10(8-11)18(12,14)15/h5-9H,4H2,1-3H3. The molecule has 0 aliphatic heterocycles. The van der Waals surface area contributed by atoms with Crippen LogP contribution >= 0.6 is 0 Å². The summed E-state index contributed by atoms with van der Waals surface area (Å²) in [6.45, 7) is 3.56. The molecule has 0 heterocycles. The van der Waals surface area contributed by atoms with Crippen molar-refractivity contribution in [2.24, 2.45) is 0 Å². The maximum Gasteiger partial charge on any atom is 0.332 e. The van der Waals surface area contributed by atoms with Gasteiger partial charge in [0.05, 0.1) is 9.79 Å². The minimum absolute atomic E-state index is 0.240. The number of sulfonamides is 1. The van der Waals surface area contributed by atoms with E-state index in [0.717, 1.165) is 16.4 Å². The van der Waals surface area contributed by atoms with Gasteiger partial charge in [-0.15, -0.1) is 3.89 Å². The van der Waals surface area contributed by atoms with Gasteiger partial charge in [0.2, 0.25) is 10.0 Å².